The molecule has 0 aliphatic carbocycles. The van der Waals surface area contributed by atoms with Crippen LogP contribution < -0.4 is 5.56 Å². The Balaban J connectivity index is 0.000000764. The van der Waals surface area contributed by atoms with Gasteiger partial charge in [-0.25, -0.2) is 4.98 Å². The minimum atomic E-state index is -0.250. The fourth-order valence-corrected chi connectivity index (χ4v) is 5.99. The summed E-state index contributed by atoms with van der Waals surface area (Å²) < 4.78 is 4.21. The van der Waals surface area contributed by atoms with E-state index in [2.05, 4.69) is 49.4 Å². The molecular formula is C26H33N5O3. The number of carbonyl (C=O) groups is 1. The van der Waals surface area contributed by atoms with E-state index >= 15 is 0 Å². The summed E-state index contributed by atoms with van der Waals surface area (Å²) in [4.78, 5) is 31.4. The molecule has 0 amide bonds. The van der Waals surface area contributed by atoms with Crippen molar-refractivity contribution in [1.82, 2.24) is 23.8 Å². The minimum absolute atomic E-state index is 0.250. The van der Waals surface area contributed by atoms with Crippen LogP contribution in [-0.2, 0) is 24.4 Å². The second-order valence-corrected chi connectivity index (χ2v) is 9.83. The van der Waals surface area contributed by atoms with Crippen molar-refractivity contribution in [2.24, 2.45) is 5.92 Å². The highest BCUT2D eigenvalue weighted by Crippen LogP contribution is 2.35. The summed E-state index contributed by atoms with van der Waals surface area (Å²) in [7, 11) is 0. The summed E-state index contributed by atoms with van der Waals surface area (Å²) in [5.41, 5.74) is 4.61. The molecule has 0 radical (unpaired) electrons. The number of hydrogen-bond donors (Lipinski definition) is 1. The molecule has 3 aromatic rings. The molecule has 2 atom stereocenters. The van der Waals surface area contributed by atoms with E-state index < -0.39 is 0 Å². The number of nitrogens with zero attached hydrogens (tertiary/aromatic N) is 5. The fraction of sp³-hybridized carbons (Fsp3) is 0.500. The van der Waals surface area contributed by atoms with E-state index in [1.165, 1.54) is 31.4 Å². The maximum absolute atomic E-state index is 13.3. The Bertz CT molecular complexity index is 1160. The molecule has 2 bridgehead atoms. The Morgan fingerprint density at radius 3 is 2.62 bits per heavy atom. The Hall–Kier alpha value is -2.97. The summed E-state index contributed by atoms with van der Waals surface area (Å²) in [5.74, 6) is 0.993. The SMILES string of the molecule is O=CO.O=c1c(CN2CCCCC2)ccc2n1C[C@H]1C[C@@H]2CN(Cc2cn3ccccc3n2)C1. The molecule has 2 saturated heterocycles. The second-order valence-electron chi connectivity index (χ2n) is 9.83. The highest BCUT2D eigenvalue weighted by Gasteiger charge is 2.35. The topological polar surface area (TPSA) is 83.1 Å². The zero-order chi connectivity index (χ0) is 23.5. The Morgan fingerprint density at radius 2 is 1.82 bits per heavy atom. The van der Waals surface area contributed by atoms with Crippen molar-refractivity contribution in [1.29, 1.82) is 0 Å². The third-order valence-corrected chi connectivity index (χ3v) is 7.40. The number of aromatic nitrogens is 3. The number of hydrogen-bond acceptors (Lipinski definition) is 5. The summed E-state index contributed by atoms with van der Waals surface area (Å²) in [5, 5.41) is 6.89. The van der Waals surface area contributed by atoms with Gasteiger partial charge in [0.15, 0.2) is 0 Å². The van der Waals surface area contributed by atoms with Crippen LogP contribution in [0.3, 0.4) is 0 Å². The molecular weight excluding hydrogens is 430 g/mol. The molecule has 8 heteroatoms. The van der Waals surface area contributed by atoms with E-state index in [9.17, 15) is 4.79 Å². The molecule has 0 saturated carbocycles. The van der Waals surface area contributed by atoms with Crippen molar-refractivity contribution in [3.8, 4) is 0 Å². The van der Waals surface area contributed by atoms with E-state index in [4.69, 9.17) is 14.9 Å². The van der Waals surface area contributed by atoms with Crippen LogP contribution in [-0.4, -0.2) is 61.5 Å². The molecule has 0 aromatic carbocycles. The monoisotopic (exact) mass is 463 g/mol. The number of imidazole rings is 1. The molecule has 1 N–H and O–H groups in total. The van der Waals surface area contributed by atoms with Crippen LogP contribution in [0.1, 0.15) is 48.6 Å². The van der Waals surface area contributed by atoms with Crippen LogP contribution in [0.25, 0.3) is 5.65 Å². The van der Waals surface area contributed by atoms with Crippen molar-refractivity contribution >= 4 is 12.1 Å². The van der Waals surface area contributed by atoms with E-state index in [1.807, 2.05) is 12.1 Å². The summed E-state index contributed by atoms with van der Waals surface area (Å²) in [6.45, 7) is 6.62. The molecule has 180 valence electrons. The lowest BCUT2D eigenvalue weighted by atomic mass is 9.83. The molecule has 3 aliphatic rings. The van der Waals surface area contributed by atoms with Gasteiger partial charge < -0.3 is 14.1 Å². The maximum atomic E-state index is 13.3. The Labute approximate surface area is 199 Å². The quantitative estimate of drug-likeness (QED) is 0.599. The minimum Gasteiger partial charge on any atom is -0.483 e. The van der Waals surface area contributed by atoms with Crippen LogP contribution in [0.4, 0.5) is 0 Å². The Morgan fingerprint density at radius 1 is 1.00 bits per heavy atom. The largest absolute Gasteiger partial charge is 0.483 e. The van der Waals surface area contributed by atoms with Gasteiger partial charge in [0.1, 0.15) is 5.65 Å². The van der Waals surface area contributed by atoms with Crippen LogP contribution in [0.5, 0.6) is 0 Å². The van der Waals surface area contributed by atoms with E-state index in [0.717, 1.165) is 62.7 Å². The summed E-state index contributed by atoms with van der Waals surface area (Å²) >= 11 is 0. The van der Waals surface area contributed by atoms with Gasteiger partial charge in [0, 0.05) is 62.3 Å². The molecule has 6 heterocycles. The van der Waals surface area contributed by atoms with Gasteiger partial charge in [-0.05, 0) is 56.5 Å². The van der Waals surface area contributed by atoms with Gasteiger partial charge in [-0.1, -0.05) is 18.6 Å². The zero-order valence-electron chi connectivity index (χ0n) is 19.6. The molecule has 6 rings (SSSR count). The third-order valence-electron chi connectivity index (χ3n) is 7.40. The molecule has 3 aliphatic heterocycles. The van der Waals surface area contributed by atoms with Crippen molar-refractivity contribution in [3.63, 3.8) is 0 Å². The first-order valence-electron chi connectivity index (χ1n) is 12.3. The highest BCUT2D eigenvalue weighted by atomic mass is 16.3. The van der Waals surface area contributed by atoms with Crippen molar-refractivity contribution in [2.75, 3.05) is 26.2 Å². The number of piperidine rings is 2. The van der Waals surface area contributed by atoms with Gasteiger partial charge in [-0.15, -0.1) is 0 Å². The third kappa shape index (κ3) is 4.79. The number of pyridine rings is 2. The summed E-state index contributed by atoms with van der Waals surface area (Å²) in [6.07, 6.45) is 9.25. The van der Waals surface area contributed by atoms with Crippen LogP contribution in [0, 0.1) is 5.92 Å². The predicted molar refractivity (Wildman–Crippen MR) is 130 cm³/mol. The van der Waals surface area contributed by atoms with Gasteiger partial charge in [-0.3, -0.25) is 19.4 Å². The first-order chi connectivity index (χ1) is 16.6. The van der Waals surface area contributed by atoms with Gasteiger partial charge in [0.2, 0.25) is 0 Å². The predicted octanol–water partition coefficient (Wildman–Crippen LogP) is 2.80. The second kappa shape index (κ2) is 10.1. The number of likely N-dealkylation sites (tertiary alicyclic amines) is 2. The van der Waals surface area contributed by atoms with Crippen molar-refractivity contribution in [3.05, 3.63) is 70.0 Å². The van der Waals surface area contributed by atoms with E-state index in [1.54, 1.807) is 0 Å². The van der Waals surface area contributed by atoms with Gasteiger partial charge in [0.05, 0.1) is 5.69 Å². The lowest BCUT2D eigenvalue weighted by Gasteiger charge is -2.42. The van der Waals surface area contributed by atoms with Gasteiger partial charge in [0.25, 0.3) is 12.0 Å². The number of fused-ring (bicyclic) bond motifs is 5. The van der Waals surface area contributed by atoms with E-state index in [0.29, 0.717) is 11.8 Å². The molecule has 3 aromatic heterocycles. The molecule has 0 unspecified atom stereocenters. The van der Waals surface area contributed by atoms with E-state index in [-0.39, 0.29) is 12.0 Å². The maximum Gasteiger partial charge on any atom is 0.290 e. The smallest absolute Gasteiger partial charge is 0.290 e. The molecule has 8 nitrogen and oxygen atoms in total. The molecule has 34 heavy (non-hydrogen) atoms. The average Bonchev–Trinajstić information content (AvgIpc) is 3.25. The van der Waals surface area contributed by atoms with Gasteiger partial charge >= 0.3 is 0 Å². The average molecular weight is 464 g/mol. The van der Waals surface area contributed by atoms with Gasteiger partial charge in [-0.2, -0.15) is 0 Å². The summed E-state index contributed by atoms with van der Waals surface area (Å²) in [6, 6.07) is 10.5. The Kier molecular flexibility index (Phi) is 6.78. The highest BCUT2D eigenvalue weighted by molar-refractivity contribution is 5.39. The fourth-order valence-electron chi connectivity index (χ4n) is 5.99. The van der Waals surface area contributed by atoms with Crippen LogP contribution in [0.2, 0.25) is 0 Å². The zero-order valence-corrected chi connectivity index (χ0v) is 19.6. The van der Waals surface area contributed by atoms with Crippen LogP contribution in [0.15, 0.2) is 47.5 Å². The standard InChI is InChI=1S/C25H31N5O.CH2O2/c31-25-20(15-27-9-3-1-4-10-27)7-8-23-21-12-19(14-30(23)25)13-28(16-21)17-22-18-29-11-5-2-6-24(29)26-22;2-1-3/h2,5-8,11,18-19,21H,1,3-4,9-10,12-17H2;1H,(H,2,3)/t19-,21+;/m0./s1. The van der Waals surface area contributed by atoms with Crippen molar-refractivity contribution in [2.45, 2.75) is 51.2 Å². The lowest BCUT2D eigenvalue weighted by molar-refractivity contribution is -0.122. The molecule has 2 fully saturated rings. The molecule has 0 spiro atoms. The lowest BCUT2D eigenvalue weighted by Crippen LogP contribution is -2.47. The normalized spacial score (nSPS) is 22.6. The van der Waals surface area contributed by atoms with Crippen LogP contribution >= 0.6 is 0 Å². The first kappa shape index (κ1) is 22.8. The number of carboxylic acid groups (broad SMARTS) is 1. The number of rotatable bonds is 4. The first-order valence-corrected chi connectivity index (χ1v) is 12.3. The van der Waals surface area contributed by atoms with Crippen molar-refractivity contribution < 1.29 is 9.90 Å².